The van der Waals surface area contributed by atoms with E-state index >= 15 is 0 Å². The van der Waals surface area contributed by atoms with Crippen molar-refractivity contribution in [3.05, 3.63) is 0 Å². The molecule has 0 spiro atoms. The number of nitrogens with one attached hydrogen (secondary N) is 1. The summed E-state index contributed by atoms with van der Waals surface area (Å²) < 4.78 is 0. The van der Waals surface area contributed by atoms with Crippen LogP contribution in [0.15, 0.2) is 4.99 Å². The first-order valence-electron chi connectivity index (χ1n) is 6.08. The highest BCUT2D eigenvalue weighted by atomic mass is 15.1. The van der Waals surface area contributed by atoms with Gasteiger partial charge in [-0.2, -0.15) is 0 Å². The SMILES string of the molecule is CC(C)NC(N)=NC1CCC(C)C(C)C1. The van der Waals surface area contributed by atoms with E-state index in [1.54, 1.807) is 0 Å². The molecular formula is C12H25N3. The first kappa shape index (κ1) is 12.3. The van der Waals surface area contributed by atoms with Crippen LogP contribution in [0.5, 0.6) is 0 Å². The Bertz CT molecular complexity index is 223. The lowest BCUT2D eigenvalue weighted by Gasteiger charge is -2.30. The van der Waals surface area contributed by atoms with Crippen molar-refractivity contribution in [3.63, 3.8) is 0 Å². The molecule has 0 aromatic rings. The molecule has 1 aliphatic rings. The average molecular weight is 211 g/mol. The maximum Gasteiger partial charge on any atom is 0.189 e. The molecule has 0 aromatic heterocycles. The lowest BCUT2D eigenvalue weighted by Crippen LogP contribution is -2.38. The molecule has 0 radical (unpaired) electrons. The summed E-state index contributed by atoms with van der Waals surface area (Å²) in [5.74, 6) is 2.23. The molecule has 1 aliphatic carbocycles. The monoisotopic (exact) mass is 211 g/mol. The van der Waals surface area contributed by atoms with Crippen LogP contribution in [0.25, 0.3) is 0 Å². The zero-order valence-electron chi connectivity index (χ0n) is 10.5. The van der Waals surface area contributed by atoms with Crippen LogP contribution in [0.1, 0.15) is 47.0 Å². The molecule has 0 amide bonds. The molecule has 3 nitrogen and oxygen atoms in total. The van der Waals surface area contributed by atoms with Crippen LogP contribution in [0.4, 0.5) is 0 Å². The van der Waals surface area contributed by atoms with Gasteiger partial charge in [0.1, 0.15) is 0 Å². The summed E-state index contributed by atoms with van der Waals surface area (Å²) in [7, 11) is 0. The predicted octanol–water partition coefficient (Wildman–Crippen LogP) is 2.12. The third kappa shape index (κ3) is 4.10. The molecule has 0 aromatic carbocycles. The summed E-state index contributed by atoms with van der Waals surface area (Å²) in [6.07, 6.45) is 3.65. The van der Waals surface area contributed by atoms with Crippen molar-refractivity contribution in [1.29, 1.82) is 0 Å². The number of nitrogens with zero attached hydrogens (tertiary/aromatic N) is 1. The van der Waals surface area contributed by atoms with E-state index in [9.17, 15) is 0 Å². The van der Waals surface area contributed by atoms with Crippen molar-refractivity contribution in [2.75, 3.05) is 0 Å². The largest absolute Gasteiger partial charge is 0.370 e. The number of aliphatic imine (C=N–C) groups is 1. The zero-order valence-corrected chi connectivity index (χ0v) is 10.5. The fraction of sp³-hybridized carbons (Fsp3) is 0.917. The number of hydrogen-bond acceptors (Lipinski definition) is 1. The van der Waals surface area contributed by atoms with Crippen LogP contribution in [-0.2, 0) is 0 Å². The van der Waals surface area contributed by atoms with Gasteiger partial charge in [0.05, 0.1) is 6.04 Å². The second-order valence-electron chi connectivity index (χ2n) is 5.23. The molecule has 1 rings (SSSR count). The molecule has 3 atom stereocenters. The van der Waals surface area contributed by atoms with Crippen LogP contribution in [0, 0.1) is 11.8 Å². The first-order valence-corrected chi connectivity index (χ1v) is 6.08. The number of rotatable bonds is 2. The minimum Gasteiger partial charge on any atom is -0.370 e. The molecule has 1 fully saturated rings. The van der Waals surface area contributed by atoms with Gasteiger partial charge in [-0.25, -0.2) is 0 Å². The van der Waals surface area contributed by atoms with Crippen LogP contribution in [0.3, 0.4) is 0 Å². The van der Waals surface area contributed by atoms with Gasteiger partial charge in [0.25, 0.3) is 0 Å². The molecule has 88 valence electrons. The van der Waals surface area contributed by atoms with Gasteiger partial charge in [-0.15, -0.1) is 0 Å². The summed E-state index contributed by atoms with van der Waals surface area (Å²) in [5, 5.41) is 3.14. The van der Waals surface area contributed by atoms with Gasteiger partial charge < -0.3 is 11.1 Å². The van der Waals surface area contributed by atoms with Gasteiger partial charge in [-0.1, -0.05) is 13.8 Å². The van der Waals surface area contributed by atoms with Crippen LogP contribution in [0.2, 0.25) is 0 Å². The summed E-state index contributed by atoms with van der Waals surface area (Å²) in [4.78, 5) is 4.54. The standard InChI is InChI=1S/C12H25N3/c1-8(2)14-12(13)15-11-6-5-9(3)10(4)7-11/h8-11H,5-7H2,1-4H3,(H3,13,14,15). The van der Waals surface area contributed by atoms with E-state index in [0.29, 0.717) is 18.0 Å². The van der Waals surface area contributed by atoms with Crippen molar-refractivity contribution in [2.45, 2.75) is 59.0 Å². The minimum absolute atomic E-state index is 0.369. The summed E-state index contributed by atoms with van der Waals surface area (Å²) >= 11 is 0. The van der Waals surface area contributed by atoms with Gasteiger partial charge in [0.15, 0.2) is 5.96 Å². The topological polar surface area (TPSA) is 50.4 Å². The Kier molecular flexibility index (Phi) is 4.43. The van der Waals surface area contributed by atoms with E-state index in [1.165, 1.54) is 19.3 Å². The number of hydrogen-bond donors (Lipinski definition) is 2. The zero-order chi connectivity index (χ0) is 11.4. The molecule has 0 saturated heterocycles. The molecule has 0 heterocycles. The van der Waals surface area contributed by atoms with E-state index in [-0.39, 0.29) is 0 Å². The van der Waals surface area contributed by atoms with Crippen molar-refractivity contribution in [3.8, 4) is 0 Å². The Balaban J connectivity index is 2.44. The highest BCUT2D eigenvalue weighted by Crippen LogP contribution is 2.30. The molecule has 3 N–H and O–H groups in total. The lowest BCUT2D eigenvalue weighted by atomic mass is 9.79. The molecular weight excluding hydrogens is 186 g/mol. The molecule has 0 bridgehead atoms. The molecule has 3 unspecified atom stereocenters. The van der Waals surface area contributed by atoms with Crippen LogP contribution < -0.4 is 11.1 Å². The summed E-state index contributed by atoms with van der Waals surface area (Å²) in [5.41, 5.74) is 5.82. The van der Waals surface area contributed by atoms with Crippen molar-refractivity contribution in [2.24, 2.45) is 22.6 Å². The lowest BCUT2D eigenvalue weighted by molar-refractivity contribution is 0.252. The predicted molar refractivity (Wildman–Crippen MR) is 65.9 cm³/mol. The van der Waals surface area contributed by atoms with Gasteiger partial charge >= 0.3 is 0 Å². The Labute approximate surface area is 93.5 Å². The highest BCUT2D eigenvalue weighted by Gasteiger charge is 2.24. The summed E-state index contributed by atoms with van der Waals surface area (Å²) in [6, 6.07) is 0.802. The fourth-order valence-electron chi connectivity index (χ4n) is 2.17. The van der Waals surface area contributed by atoms with Crippen LogP contribution in [-0.4, -0.2) is 18.0 Å². The van der Waals surface area contributed by atoms with E-state index in [2.05, 4.69) is 38.0 Å². The highest BCUT2D eigenvalue weighted by molar-refractivity contribution is 5.78. The third-order valence-electron chi connectivity index (χ3n) is 3.33. The van der Waals surface area contributed by atoms with Gasteiger partial charge in [-0.05, 0) is 44.9 Å². The van der Waals surface area contributed by atoms with Crippen molar-refractivity contribution >= 4 is 5.96 Å². The Morgan fingerprint density at radius 3 is 2.47 bits per heavy atom. The Hall–Kier alpha value is -0.730. The number of guanidine groups is 1. The van der Waals surface area contributed by atoms with Gasteiger partial charge in [-0.3, -0.25) is 4.99 Å². The molecule has 1 saturated carbocycles. The molecule has 0 aliphatic heterocycles. The average Bonchev–Trinajstić information content (AvgIpc) is 2.10. The first-order chi connectivity index (χ1) is 6.99. The Morgan fingerprint density at radius 2 is 1.93 bits per heavy atom. The minimum atomic E-state index is 0.369. The quantitative estimate of drug-likeness (QED) is 0.543. The molecule has 15 heavy (non-hydrogen) atoms. The van der Waals surface area contributed by atoms with Gasteiger partial charge in [0.2, 0.25) is 0 Å². The van der Waals surface area contributed by atoms with E-state index < -0.39 is 0 Å². The summed E-state index contributed by atoms with van der Waals surface area (Å²) in [6.45, 7) is 8.81. The normalized spacial score (nSPS) is 33.1. The third-order valence-corrected chi connectivity index (χ3v) is 3.33. The van der Waals surface area contributed by atoms with E-state index in [4.69, 9.17) is 5.73 Å². The second kappa shape index (κ2) is 5.38. The second-order valence-corrected chi connectivity index (χ2v) is 5.23. The molecule has 3 heteroatoms. The maximum absolute atomic E-state index is 5.82. The van der Waals surface area contributed by atoms with Crippen molar-refractivity contribution in [1.82, 2.24) is 5.32 Å². The fourth-order valence-corrected chi connectivity index (χ4v) is 2.17. The number of nitrogens with two attached hydrogens (primary N) is 1. The smallest absolute Gasteiger partial charge is 0.189 e. The van der Waals surface area contributed by atoms with Crippen LogP contribution >= 0.6 is 0 Å². The van der Waals surface area contributed by atoms with E-state index in [0.717, 1.165) is 11.8 Å². The van der Waals surface area contributed by atoms with E-state index in [1.807, 2.05) is 0 Å². The Morgan fingerprint density at radius 1 is 1.27 bits per heavy atom. The van der Waals surface area contributed by atoms with Crippen molar-refractivity contribution < 1.29 is 0 Å². The maximum atomic E-state index is 5.82. The van der Waals surface area contributed by atoms with Gasteiger partial charge in [0, 0.05) is 6.04 Å².